The summed E-state index contributed by atoms with van der Waals surface area (Å²) < 4.78 is 1.86. The zero-order valence-electron chi connectivity index (χ0n) is 9.66. The van der Waals surface area contributed by atoms with E-state index in [1.165, 1.54) is 0 Å². The van der Waals surface area contributed by atoms with Crippen LogP contribution in [0.5, 0.6) is 0 Å². The van der Waals surface area contributed by atoms with Crippen LogP contribution in [0.3, 0.4) is 0 Å². The number of aliphatic imine (C=N–C) groups is 1. The summed E-state index contributed by atoms with van der Waals surface area (Å²) in [6, 6.07) is 1.91. The van der Waals surface area contributed by atoms with Crippen LogP contribution >= 0.6 is 35.7 Å². The molecule has 17 heavy (non-hydrogen) atoms. The Bertz CT molecular complexity index is 334. The zero-order chi connectivity index (χ0) is 11.2. The summed E-state index contributed by atoms with van der Waals surface area (Å²) in [7, 11) is 0. The molecule has 0 radical (unpaired) electrons. The summed E-state index contributed by atoms with van der Waals surface area (Å²) in [5.41, 5.74) is 5.92. The molecule has 0 bridgehead atoms. The third-order valence-corrected chi connectivity index (χ3v) is 3.44. The minimum atomic E-state index is 0. The van der Waals surface area contributed by atoms with Gasteiger partial charge >= 0.3 is 0 Å². The van der Waals surface area contributed by atoms with Crippen molar-refractivity contribution in [2.24, 2.45) is 10.7 Å². The molecule has 2 N–H and O–H groups in total. The van der Waals surface area contributed by atoms with Crippen molar-refractivity contribution in [1.29, 1.82) is 0 Å². The van der Waals surface area contributed by atoms with Crippen molar-refractivity contribution in [2.45, 2.75) is 6.54 Å². The SMILES string of the molecule is I.NC(=NCCn1cccn1)N1CCSCC1. The van der Waals surface area contributed by atoms with Crippen molar-refractivity contribution in [3.05, 3.63) is 18.5 Å². The lowest BCUT2D eigenvalue weighted by Gasteiger charge is -2.27. The number of nitrogens with two attached hydrogens (primary N) is 1. The van der Waals surface area contributed by atoms with E-state index in [0.717, 1.165) is 31.1 Å². The van der Waals surface area contributed by atoms with Gasteiger partial charge in [-0.15, -0.1) is 24.0 Å². The van der Waals surface area contributed by atoms with Crippen LogP contribution in [0.4, 0.5) is 0 Å². The van der Waals surface area contributed by atoms with Gasteiger partial charge < -0.3 is 10.6 Å². The van der Waals surface area contributed by atoms with E-state index in [-0.39, 0.29) is 24.0 Å². The first kappa shape index (κ1) is 14.6. The van der Waals surface area contributed by atoms with Crippen molar-refractivity contribution < 1.29 is 0 Å². The summed E-state index contributed by atoms with van der Waals surface area (Å²) in [5, 5.41) is 4.12. The number of halogens is 1. The highest BCUT2D eigenvalue weighted by Crippen LogP contribution is 2.08. The molecular weight excluding hydrogens is 349 g/mol. The Balaban J connectivity index is 0.00000144. The second-order valence-corrected chi connectivity index (χ2v) is 4.83. The van der Waals surface area contributed by atoms with Crippen molar-refractivity contribution in [2.75, 3.05) is 31.1 Å². The molecule has 0 aromatic carbocycles. The zero-order valence-corrected chi connectivity index (χ0v) is 12.8. The molecule has 1 aromatic rings. The lowest BCUT2D eigenvalue weighted by Crippen LogP contribution is -2.42. The number of hydrogen-bond donors (Lipinski definition) is 1. The van der Waals surface area contributed by atoms with E-state index in [4.69, 9.17) is 5.73 Å². The average Bonchev–Trinajstić information content (AvgIpc) is 2.83. The third-order valence-electron chi connectivity index (χ3n) is 2.50. The minimum absolute atomic E-state index is 0. The fourth-order valence-corrected chi connectivity index (χ4v) is 2.50. The van der Waals surface area contributed by atoms with Crippen molar-refractivity contribution in [1.82, 2.24) is 14.7 Å². The number of guanidine groups is 1. The molecule has 0 atom stereocenters. The number of thioether (sulfide) groups is 1. The lowest BCUT2D eigenvalue weighted by atomic mass is 10.5. The highest BCUT2D eigenvalue weighted by molar-refractivity contribution is 14.0. The van der Waals surface area contributed by atoms with Gasteiger partial charge in [0.05, 0.1) is 13.1 Å². The Morgan fingerprint density at radius 3 is 2.82 bits per heavy atom. The lowest BCUT2D eigenvalue weighted by molar-refractivity contribution is 0.454. The maximum Gasteiger partial charge on any atom is 0.191 e. The Hall–Kier alpha value is -0.440. The molecule has 2 heterocycles. The van der Waals surface area contributed by atoms with E-state index in [9.17, 15) is 0 Å². The molecule has 0 unspecified atom stereocenters. The number of aromatic nitrogens is 2. The van der Waals surface area contributed by atoms with Crippen LogP contribution in [0.1, 0.15) is 0 Å². The summed E-state index contributed by atoms with van der Waals surface area (Å²) in [6.45, 7) is 3.51. The van der Waals surface area contributed by atoms with Gasteiger partial charge in [0.2, 0.25) is 0 Å². The van der Waals surface area contributed by atoms with Gasteiger partial charge in [0, 0.05) is 37.0 Å². The van der Waals surface area contributed by atoms with E-state index in [0.29, 0.717) is 12.5 Å². The molecule has 1 aromatic heterocycles. The van der Waals surface area contributed by atoms with Gasteiger partial charge in [-0.05, 0) is 6.07 Å². The second-order valence-electron chi connectivity index (χ2n) is 3.61. The van der Waals surface area contributed by atoms with E-state index in [1.54, 1.807) is 6.20 Å². The molecule has 0 saturated carbocycles. The van der Waals surface area contributed by atoms with Crippen LogP contribution in [-0.4, -0.2) is 51.8 Å². The van der Waals surface area contributed by atoms with Gasteiger partial charge in [0.15, 0.2) is 5.96 Å². The maximum absolute atomic E-state index is 5.92. The Labute approximate surface area is 123 Å². The van der Waals surface area contributed by atoms with Crippen LogP contribution in [0, 0.1) is 0 Å². The molecule has 5 nitrogen and oxygen atoms in total. The predicted octanol–water partition coefficient (Wildman–Crippen LogP) is 0.865. The van der Waals surface area contributed by atoms with E-state index in [1.807, 2.05) is 28.7 Å². The minimum Gasteiger partial charge on any atom is -0.370 e. The fourth-order valence-electron chi connectivity index (χ4n) is 1.59. The number of rotatable bonds is 3. The smallest absolute Gasteiger partial charge is 0.191 e. The molecule has 1 fully saturated rings. The molecule has 0 spiro atoms. The highest BCUT2D eigenvalue weighted by atomic mass is 127. The quantitative estimate of drug-likeness (QED) is 0.489. The Morgan fingerprint density at radius 1 is 1.41 bits per heavy atom. The van der Waals surface area contributed by atoms with Gasteiger partial charge in [0.1, 0.15) is 0 Å². The van der Waals surface area contributed by atoms with Gasteiger partial charge in [-0.25, -0.2) is 0 Å². The first-order valence-electron chi connectivity index (χ1n) is 5.46. The highest BCUT2D eigenvalue weighted by Gasteiger charge is 2.11. The van der Waals surface area contributed by atoms with Crippen LogP contribution < -0.4 is 5.73 Å². The standard InChI is InChI=1S/C10H17N5S.HI/c11-10(14-6-8-16-9-7-14)12-3-5-15-4-1-2-13-15;/h1-2,4H,3,5-9H2,(H2,11,12);1H. The molecule has 7 heteroatoms. The predicted molar refractivity (Wildman–Crippen MR) is 83.0 cm³/mol. The fraction of sp³-hybridized carbons (Fsp3) is 0.600. The summed E-state index contributed by atoms with van der Waals surface area (Å²) in [6.07, 6.45) is 3.71. The number of hydrogen-bond acceptors (Lipinski definition) is 3. The topological polar surface area (TPSA) is 59.4 Å². The third kappa shape index (κ3) is 4.74. The van der Waals surface area contributed by atoms with E-state index >= 15 is 0 Å². The molecule has 2 rings (SSSR count). The largest absolute Gasteiger partial charge is 0.370 e. The first-order chi connectivity index (χ1) is 7.86. The molecule has 96 valence electrons. The summed E-state index contributed by atoms with van der Waals surface area (Å²) in [4.78, 5) is 6.53. The molecule has 0 aliphatic carbocycles. The van der Waals surface area contributed by atoms with Gasteiger partial charge in [0.25, 0.3) is 0 Å². The molecule has 1 aliphatic rings. The van der Waals surface area contributed by atoms with Crippen LogP contribution in [0.15, 0.2) is 23.5 Å². The van der Waals surface area contributed by atoms with Crippen molar-refractivity contribution in [3.63, 3.8) is 0 Å². The normalized spacial score (nSPS) is 16.7. The summed E-state index contributed by atoms with van der Waals surface area (Å²) >= 11 is 1.97. The van der Waals surface area contributed by atoms with Gasteiger partial charge in [-0.2, -0.15) is 16.9 Å². The molecular formula is C10H18IN5S. The van der Waals surface area contributed by atoms with Crippen molar-refractivity contribution in [3.8, 4) is 0 Å². The molecule has 0 amide bonds. The Morgan fingerprint density at radius 2 is 2.18 bits per heavy atom. The van der Waals surface area contributed by atoms with E-state index < -0.39 is 0 Å². The average molecular weight is 367 g/mol. The van der Waals surface area contributed by atoms with Crippen molar-refractivity contribution >= 4 is 41.7 Å². The summed E-state index contributed by atoms with van der Waals surface area (Å²) in [5.74, 6) is 2.97. The van der Waals surface area contributed by atoms with Crippen LogP contribution in [0.25, 0.3) is 0 Å². The second kappa shape index (κ2) is 7.80. The van der Waals surface area contributed by atoms with Gasteiger partial charge in [-0.3, -0.25) is 9.67 Å². The number of nitrogens with zero attached hydrogens (tertiary/aromatic N) is 4. The molecule has 1 saturated heterocycles. The monoisotopic (exact) mass is 367 g/mol. The Kier molecular flexibility index (Phi) is 6.71. The van der Waals surface area contributed by atoms with Crippen LogP contribution in [0.2, 0.25) is 0 Å². The maximum atomic E-state index is 5.92. The van der Waals surface area contributed by atoms with Crippen LogP contribution in [-0.2, 0) is 6.54 Å². The van der Waals surface area contributed by atoms with Gasteiger partial charge in [-0.1, -0.05) is 0 Å². The van der Waals surface area contributed by atoms with E-state index in [2.05, 4.69) is 15.0 Å². The first-order valence-corrected chi connectivity index (χ1v) is 6.62. The molecule has 1 aliphatic heterocycles.